The Hall–Kier alpha value is -1.56. The zero-order valence-corrected chi connectivity index (χ0v) is 10.8. The third-order valence-corrected chi connectivity index (χ3v) is 3.52. The summed E-state index contributed by atoms with van der Waals surface area (Å²) in [6.45, 7) is 3.77. The molecule has 1 aromatic heterocycles. The molecule has 17 heavy (non-hydrogen) atoms. The Balaban J connectivity index is 2.88. The first-order valence-corrected chi connectivity index (χ1v) is 5.97. The second-order valence-electron chi connectivity index (χ2n) is 3.76. The van der Waals surface area contributed by atoms with E-state index >= 15 is 0 Å². The van der Waals surface area contributed by atoms with E-state index in [0.717, 1.165) is 4.88 Å². The maximum Gasteiger partial charge on any atom is 0.349 e. The Labute approximate surface area is 103 Å². The summed E-state index contributed by atoms with van der Waals surface area (Å²) in [4.78, 5) is 23.1. The van der Waals surface area contributed by atoms with Crippen LogP contribution in [0.1, 0.15) is 34.3 Å². The summed E-state index contributed by atoms with van der Waals surface area (Å²) >= 11 is 1.18. The maximum absolute atomic E-state index is 11.0. The lowest BCUT2D eigenvalue weighted by Gasteiger charge is -2.03. The van der Waals surface area contributed by atoms with Gasteiger partial charge in [0, 0.05) is 11.9 Å². The first kappa shape index (κ1) is 13.5. The van der Waals surface area contributed by atoms with Gasteiger partial charge in [0.2, 0.25) is 0 Å². The molecule has 1 aromatic rings. The summed E-state index contributed by atoms with van der Waals surface area (Å²) in [5.74, 6) is -0.835. The smallest absolute Gasteiger partial charge is 0.349 e. The molecule has 0 saturated heterocycles. The highest BCUT2D eigenvalue weighted by molar-refractivity contribution is 7.14. The van der Waals surface area contributed by atoms with Gasteiger partial charge in [0.05, 0.1) is 0 Å². The predicted octanol–water partition coefficient (Wildman–Crippen LogP) is 1.69. The van der Waals surface area contributed by atoms with E-state index in [0.29, 0.717) is 0 Å². The van der Waals surface area contributed by atoms with Crippen LogP contribution in [0.5, 0.6) is 5.75 Å². The van der Waals surface area contributed by atoms with Crippen LogP contribution in [0.25, 0.3) is 0 Å². The van der Waals surface area contributed by atoms with Crippen LogP contribution in [-0.2, 0) is 4.79 Å². The number of nitrogens with one attached hydrogen (secondary N) is 1. The number of amides is 1. The lowest BCUT2D eigenvalue weighted by molar-refractivity contribution is -0.122. The average Bonchev–Trinajstić information content (AvgIpc) is 2.70. The SMILES string of the molecule is CNC(=O)COc1cc(C(C)C)sc1C(=O)O. The van der Waals surface area contributed by atoms with Gasteiger partial charge in [-0.3, -0.25) is 4.79 Å². The Morgan fingerprint density at radius 3 is 2.65 bits per heavy atom. The summed E-state index contributed by atoms with van der Waals surface area (Å²) in [6, 6.07) is 1.68. The van der Waals surface area contributed by atoms with Crippen LogP contribution >= 0.6 is 11.3 Å². The topological polar surface area (TPSA) is 75.6 Å². The minimum Gasteiger partial charge on any atom is -0.482 e. The fourth-order valence-corrected chi connectivity index (χ4v) is 2.09. The molecule has 0 saturated carbocycles. The van der Waals surface area contributed by atoms with E-state index in [1.165, 1.54) is 18.4 Å². The predicted molar refractivity (Wildman–Crippen MR) is 64.9 cm³/mol. The number of rotatable bonds is 5. The highest BCUT2D eigenvalue weighted by Gasteiger charge is 2.18. The van der Waals surface area contributed by atoms with Crippen molar-refractivity contribution in [2.75, 3.05) is 13.7 Å². The van der Waals surface area contributed by atoms with E-state index in [-0.39, 0.29) is 29.1 Å². The lowest BCUT2D eigenvalue weighted by Crippen LogP contribution is -2.25. The highest BCUT2D eigenvalue weighted by atomic mass is 32.1. The monoisotopic (exact) mass is 257 g/mol. The van der Waals surface area contributed by atoms with Gasteiger partial charge in [-0.1, -0.05) is 13.8 Å². The second-order valence-corrected chi connectivity index (χ2v) is 4.85. The number of ether oxygens (including phenoxy) is 1. The van der Waals surface area contributed by atoms with E-state index in [9.17, 15) is 9.59 Å². The van der Waals surface area contributed by atoms with Crippen molar-refractivity contribution in [3.63, 3.8) is 0 Å². The highest BCUT2D eigenvalue weighted by Crippen LogP contribution is 2.33. The number of hydrogen-bond donors (Lipinski definition) is 2. The molecule has 0 fully saturated rings. The fourth-order valence-electron chi connectivity index (χ4n) is 1.15. The van der Waals surface area contributed by atoms with Crippen LogP contribution in [0.15, 0.2) is 6.07 Å². The van der Waals surface area contributed by atoms with Gasteiger partial charge in [-0.15, -0.1) is 11.3 Å². The Morgan fingerprint density at radius 2 is 2.18 bits per heavy atom. The molecule has 0 aromatic carbocycles. The molecule has 2 N–H and O–H groups in total. The number of thiophene rings is 1. The molecular weight excluding hydrogens is 242 g/mol. The minimum absolute atomic E-state index is 0.137. The number of carbonyl (C=O) groups excluding carboxylic acids is 1. The van der Waals surface area contributed by atoms with E-state index in [1.54, 1.807) is 6.07 Å². The first-order chi connectivity index (χ1) is 7.95. The van der Waals surface area contributed by atoms with Crippen LogP contribution in [-0.4, -0.2) is 30.6 Å². The van der Waals surface area contributed by atoms with Gasteiger partial charge in [0.15, 0.2) is 11.5 Å². The molecule has 0 spiro atoms. The number of likely N-dealkylation sites (N-methyl/N-ethyl adjacent to an activating group) is 1. The van der Waals surface area contributed by atoms with Crippen molar-refractivity contribution in [3.05, 3.63) is 15.8 Å². The molecule has 94 valence electrons. The summed E-state index contributed by atoms with van der Waals surface area (Å²) in [7, 11) is 1.50. The van der Waals surface area contributed by atoms with Gasteiger partial charge in [-0.25, -0.2) is 4.79 Å². The molecule has 1 heterocycles. The molecule has 0 atom stereocenters. The number of aromatic carboxylic acids is 1. The van der Waals surface area contributed by atoms with Gasteiger partial charge < -0.3 is 15.2 Å². The van der Waals surface area contributed by atoms with Crippen LogP contribution in [0.3, 0.4) is 0 Å². The number of carboxylic acid groups (broad SMARTS) is 1. The maximum atomic E-state index is 11.0. The van der Waals surface area contributed by atoms with Gasteiger partial charge in [-0.2, -0.15) is 0 Å². The van der Waals surface area contributed by atoms with Gasteiger partial charge in [-0.05, 0) is 12.0 Å². The molecule has 0 unspecified atom stereocenters. The molecule has 6 heteroatoms. The van der Waals surface area contributed by atoms with Gasteiger partial charge in [0.25, 0.3) is 5.91 Å². The summed E-state index contributed by atoms with van der Waals surface area (Å²) in [6.07, 6.45) is 0. The van der Waals surface area contributed by atoms with Crippen LogP contribution in [0.4, 0.5) is 0 Å². The third-order valence-electron chi connectivity index (χ3n) is 2.12. The summed E-state index contributed by atoms with van der Waals surface area (Å²) in [5, 5.41) is 11.4. The molecule has 5 nitrogen and oxygen atoms in total. The van der Waals surface area contributed by atoms with Crippen LogP contribution in [0, 0.1) is 0 Å². The number of carbonyl (C=O) groups is 2. The molecule has 1 amide bonds. The number of carboxylic acids is 1. The van der Waals surface area contributed by atoms with Crippen molar-refractivity contribution >= 4 is 23.2 Å². The third kappa shape index (κ3) is 3.45. The molecule has 0 aliphatic rings. The van der Waals surface area contributed by atoms with E-state index in [2.05, 4.69) is 5.32 Å². The number of hydrogen-bond acceptors (Lipinski definition) is 4. The molecule has 1 rings (SSSR count). The van der Waals surface area contributed by atoms with E-state index in [1.807, 2.05) is 13.8 Å². The van der Waals surface area contributed by atoms with Crippen molar-refractivity contribution in [2.45, 2.75) is 19.8 Å². The largest absolute Gasteiger partial charge is 0.482 e. The van der Waals surface area contributed by atoms with Gasteiger partial charge in [0.1, 0.15) is 5.75 Å². The molecule has 0 radical (unpaired) electrons. The van der Waals surface area contributed by atoms with E-state index < -0.39 is 5.97 Å². The van der Waals surface area contributed by atoms with Crippen molar-refractivity contribution < 1.29 is 19.4 Å². The Kier molecular flexibility index (Phi) is 4.51. The van der Waals surface area contributed by atoms with Crippen molar-refractivity contribution in [3.8, 4) is 5.75 Å². The standard InChI is InChI=1S/C11H15NO4S/c1-6(2)8-4-7(10(17-8)11(14)15)16-5-9(13)12-3/h4,6H,5H2,1-3H3,(H,12,13)(H,14,15). The molecule has 0 aliphatic carbocycles. The first-order valence-electron chi connectivity index (χ1n) is 5.16. The van der Waals surface area contributed by atoms with Crippen LogP contribution < -0.4 is 10.1 Å². The normalized spacial score (nSPS) is 10.4. The quantitative estimate of drug-likeness (QED) is 0.841. The second kappa shape index (κ2) is 5.67. The Morgan fingerprint density at radius 1 is 1.53 bits per heavy atom. The zero-order valence-electron chi connectivity index (χ0n) is 9.94. The van der Waals surface area contributed by atoms with Crippen molar-refractivity contribution in [1.29, 1.82) is 0 Å². The van der Waals surface area contributed by atoms with Crippen molar-refractivity contribution in [1.82, 2.24) is 5.32 Å². The fraction of sp³-hybridized carbons (Fsp3) is 0.455. The average molecular weight is 257 g/mol. The lowest BCUT2D eigenvalue weighted by atomic mass is 10.2. The summed E-state index contributed by atoms with van der Waals surface area (Å²) in [5.41, 5.74) is 0. The van der Waals surface area contributed by atoms with Crippen molar-refractivity contribution in [2.24, 2.45) is 0 Å². The minimum atomic E-state index is -1.03. The summed E-state index contributed by atoms with van der Waals surface area (Å²) < 4.78 is 5.20. The molecule has 0 aliphatic heterocycles. The van der Waals surface area contributed by atoms with Crippen LogP contribution in [0.2, 0.25) is 0 Å². The molecular formula is C11H15NO4S. The Bertz CT molecular complexity index is 425. The van der Waals surface area contributed by atoms with E-state index in [4.69, 9.17) is 9.84 Å². The zero-order chi connectivity index (χ0) is 13.0. The van der Waals surface area contributed by atoms with Gasteiger partial charge >= 0.3 is 5.97 Å². The molecule has 0 bridgehead atoms.